The molecule has 1 unspecified atom stereocenters. The van der Waals surface area contributed by atoms with Crippen LogP contribution in [0.1, 0.15) is 43.7 Å². The molecular weight excluding hydrogens is 196 g/mol. The number of benzene rings is 1. The number of aliphatic hydroxyl groups excluding tert-OH is 1. The first-order valence-corrected chi connectivity index (χ1v) is 6.27. The molecule has 0 heterocycles. The van der Waals surface area contributed by atoms with E-state index in [2.05, 4.69) is 37.3 Å². The van der Waals surface area contributed by atoms with E-state index in [0.717, 1.165) is 25.7 Å². The largest absolute Gasteiger partial charge is 0.389 e. The normalized spacial score (nSPS) is 23.6. The fourth-order valence-corrected chi connectivity index (χ4v) is 2.25. The molecule has 0 spiro atoms. The van der Waals surface area contributed by atoms with Crippen LogP contribution in [0.4, 0.5) is 0 Å². The smallest absolute Gasteiger partial charge is 0.0753 e. The summed E-state index contributed by atoms with van der Waals surface area (Å²) < 4.78 is 0. The fourth-order valence-electron chi connectivity index (χ4n) is 2.25. The van der Waals surface area contributed by atoms with E-state index in [9.17, 15) is 5.11 Å². The van der Waals surface area contributed by atoms with E-state index >= 15 is 0 Å². The van der Waals surface area contributed by atoms with E-state index in [1.165, 1.54) is 23.1 Å². The van der Waals surface area contributed by atoms with Gasteiger partial charge in [-0.15, -0.1) is 0 Å². The second-order valence-corrected chi connectivity index (χ2v) is 4.58. The van der Waals surface area contributed by atoms with Gasteiger partial charge in [0.25, 0.3) is 0 Å². The third-order valence-electron chi connectivity index (χ3n) is 3.36. The van der Waals surface area contributed by atoms with Crippen LogP contribution >= 0.6 is 0 Å². The molecule has 1 aliphatic rings. The Bertz CT molecular complexity index is 362. The molecule has 86 valence electrons. The molecule has 16 heavy (non-hydrogen) atoms. The Balaban J connectivity index is 2.14. The molecule has 0 radical (unpaired) electrons. The molecule has 1 atom stereocenters. The summed E-state index contributed by atoms with van der Waals surface area (Å²) in [5, 5.41) is 9.86. The molecule has 0 aromatic heterocycles. The number of hydrogen-bond acceptors (Lipinski definition) is 1. The quantitative estimate of drug-likeness (QED) is 0.801. The van der Waals surface area contributed by atoms with Crippen LogP contribution < -0.4 is 0 Å². The van der Waals surface area contributed by atoms with Gasteiger partial charge in [0.15, 0.2) is 0 Å². The molecule has 1 saturated carbocycles. The maximum Gasteiger partial charge on any atom is 0.0753 e. The second kappa shape index (κ2) is 5.31. The van der Waals surface area contributed by atoms with Crippen molar-refractivity contribution in [3.05, 3.63) is 41.0 Å². The summed E-state index contributed by atoms with van der Waals surface area (Å²) in [6.45, 7) is 2.17. The summed E-state index contributed by atoms with van der Waals surface area (Å²) in [6.07, 6.45) is 7.39. The Morgan fingerprint density at radius 2 is 2.00 bits per heavy atom. The summed E-state index contributed by atoms with van der Waals surface area (Å²) in [5.41, 5.74) is 3.79. The highest BCUT2D eigenvalue weighted by molar-refractivity contribution is 5.54. The Labute approximate surface area is 97.8 Å². The van der Waals surface area contributed by atoms with Crippen molar-refractivity contribution in [1.82, 2.24) is 0 Å². The predicted octanol–water partition coefficient (Wildman–Crippen LogP) is 3.57. The highest BCUT2D eigenvalue weighted by Crippen LogP contribution is 2.25. The number of aliphatic hydroxyl groups is 1. The highest BCUT2D eigenvalue weighted by atomic mass is 16.3. The average Bonchev–Trinajstić information content (AvgIpc) is 2.33. The molecule has 0 amide bonds. The maximum absolute atomic E-state index is 9.86. The van der Waals surface area contributed by atoms with Gasteiger partial charge in [-0.2, -0.15) is 0 Å². The van der Waals surface area contributed by atoms with Gasteiger partial charge in [0.1, 0.15) is 0 Å². The van der Waals surface area contributed by atoms with Crippen LogP contribution in [0, 0.1) is 0 Å². The summed E-state index contributed by atoms with van der Waals surface area (Å²) >= 11 is 0. The average molecular weight is 216 g/mol. The van der Waals surface area contributed by atoms with Gasteiger partial charge in [0, 0.05) is 0 Å². The Hall–Kier alpha value is -1.08. The van der Waals surface area contributed by atoms with Crippen LogP contribution in [0.5, 0.6) is 0 Å². The van der Waals surface area contributed by atoms with E-state index < -0.39 is 0 Å². The van der Waals surface area contributed by atoms with Gasteiger partial charge >= 0.3 is 0 Å². The standard InChI is InChI=1S/C15H20O/c1-2-12-7-9-13(10-8-12)11-14-5-3-4-6-15(14)16/h7-11,15-16H,2-6H2,1H3/b14-11+. The van der Waals surface area contributed by atoms with Crippen LogP contribution in [0.2, 0.25) is 0 Å². The van der Waals surface area contributed by atoms with Crippen LogP contribution in [0.15, 0.2) is 29.8 Å². The third kappa shape index (κ3) is 2.73. The molecule has 1 heteroatoms. The van der Waals surface area contributed by atoms with Crippen molar-refractivity contribution in [2.24, 2.45) is 0 Å². The molecule has 1 aliphatic carbocycles. The number of rotatable bonds is 2. The van der Waals surface area contributed by atoms with Crippen LogP contribution in [-0.4, -0.2) is 11.2 Å². The van der Waals surface area contributed by atoms with Crippen molar-refractivity contribution in [3.63, 3.8) is 0 Å². The van der Waals surface area contributed by atoms with Gasteiger partial charge in [-0.25, -0.2) is 0 Å². The molecule has 0 bridgehead atoms. The lowest BCUT2D eigenvalue weighted by Gasteiger charge is -2.20. The zero-order chi connectivity index (χ0) is 11.4. The SMILES string of the molecule is CCc1ccc(/C=C2\CCCCC2O)cc1. The Morgan fingerprint density at radius 1 is 1.25 bits per heavy atom. The van der Waals surface area contributed by atoms with Crippen molar-refractivity contribution in [2.45, 2.75) is 45.1 Å². The zero-order valence-corrected chi connectivity index (χ0v) is 9.95. The molecule has 1 fully saturated rings. The Morgan fingerprint density at radius 3 is 2.62 bits per heavy atom. The lowest BCUT2D eigenvalue weighted by atomic mass is 9.90. The van der Waals surface area contributed by atoms with Crippen LogP contribution in [-0.2, 0) is 6.42 Å². The molecule has 0 aliphatic heterocycles. The molecule has 2 rings (SSSR count). The van der Waals surface area contributed by atoms with E-state index in [4.69, 9.17) is 0 Å². The first-order chi connectivity index (χ1) is 7.79. The molecule has 1 nitrogen and oxygen atoms in total. The predicted molar refractivity (Wildman–Crippen MR) is 68.3 cm³/mol. The van der Waals surface area contributed by atoms with Gasteiger partial charge in [-0.1, -0.05) is 43.7 Å². The highest BCUT2D eigenvalue weighted by Gasteiger charge is 2.15. The van der Waals surface area contributed by atoms with Gasteiger partial charge in [0.2, 0.25) is 0 Å². The maximum atomic E-state index is 9.86. The lowest BCUT2D eigenvalue weighted by molar-refractivity contribution is 0.180. The van der Waals surface area contributed by atoms with Crippen molar-refractivity contribution in [1.29, 1.82) is 0 Å². The molecular formula is C15H20O. The van der Waals surface area contributed by atoms with Gasteiger partial charge in [-0.3, -0.25) is 0 Å². The molecule has 1 N–H and O–H groups in total. The second-order valence-electron chi connectivity index (χ2n) is 4.58. The lowest BCUT2D eigenvalue weighted by Crippen LogP contribution is -2.14. The van der Waals surface area contributed by atoms with Crippen molar-refractivity contribution in [2.75, 3.05) is 0 Å². The van der Waals surface area contributed by atoms with Gasteiger partial charge in [-0.05, 0) is 42.4 Å². The number of hydrogen-bond donors (Lipinski definition) is 1. The van der Waals surface area contributed by atoms with Gasteiger partial charge < -0.3 is 5.11 Å². The van der Waals surface area contributed by atoms with Crippen molar-refractivity contribution < 1.29 is 5.11 Å². The van der Waals surface area contributed by atoms with Crippen LogP contribution in [0.3, 0.4) is 0 Å². The third-order valence-corrected chi connectivity index (χ3v) is 3.36. The first kappa shape index (κ1) is 11.4. The minimum Gasteiger partial charge on any atom is -0.389 e. The summed E-state index contributed by atoms with van der Waals surface area (Å²) in [7, 11) is 0. The van der Waals surface area contributed by atoms with E-state index in [-0.39, 0.29) is 6.10 Å². The fraction of sp³-hybridized carbons (Fsp3) is 0.467. The number of aryl methyl sites for hydroxylation is 1. The van der Waals surface area contributed by atoms with Crippen LogP contribution in [0.25, 0.3) is 6.08 Å². The summed E-state index contributed by atoms with van der Waals surface area (Å²) in [5.74, 6) is 0. The van der Waals surface area contributed by atoms with E-state index in [0.29, 0.717) is 0 Å². The van der Waals surface area contributed by atoms with Crippen molar-refractivity contribution >= 4 is 6.08 Å². The van der Waals surface area contributed by atoms with E-state index in [1.807, 2.05) is 0 Å². The van der Waals surface area contributed by atoms with E-state index in [1.54, 1.807) is 0 Å². The molecule has 1 aromatic rings. The first-order valence-electron chi connectivity index (χ1n) is 6.27. The zero-order valence-electron chi connectivity index (χ0n) is 9.95. The monoisotopic (exact) mass is 216 g/mol. The Kier molecular flexibility index (Phi) is 3.79. The summed E-state index contributed by atoms with van der Waals surface area (Å²) in [4.78, 5) is 0. The van der Waals surface area contributed by atoms with Gasteiger partial charge in [0.05, 0.1) is 6.10 Å². The molecule has 0 saturated heterocycles. The summed E-state index contributed by atoms with van der Waals surface area (Å²) in [6, 6.07) is 8.63. The minimum absolute atomic E-state index is 0.209. The minimum atomic E-state index is -0.209. The topological polar surface area (TPSA) is 20.2 Å². The van der Waals surface area contributed by atoms with Crippen molar-refractivity contribution in [3.8, 4) is 0 Å². The molecule has 1 aromatic carbocycles.